The van der Waals surface area contributed by atoms with Gasteiger partial charge in [0.25, 0.3) is 5.91 Å². The molecule has 0 fully saturated rings. The first-order valence-corrected chi connectivity index (χ1v) is 9.85. The molecule has 144 valence electrons. The molecule has 1 N–H and O–H groups in total. The Morgan fingerprint density at radius 3 is 2.50 bits per heavy atom. The highest BCUT2D eigenvalue weighted by Crippen LogP contribution is 2.23. The zero-order valence-electron chi connectivity index (χ0n) is 16.1. The summed E-state index contributed by atoms with van der Waals surface area (Å²) in [5.74, 6) is 0.0341. The van der Waals surface area contributed by atoms with Crippen LogP contribution in [-0.2, 0) is 13.1 Å². The molecule has 1 amide bonds. The summed E-state index contributed by atoms with van der Waals surface area (Å²) in [6.07, 6.45) is 0.936. The molecule has 2 aromatic carbocycles. The molecule has 1 aliphatic heterocycles. The zero-order valence-corrected chi connectivity index (χ0v) is 16.1. The lowest BCUT2D eigenvalue weighted by molar-refractivity contribution is 0.0745. The molecule has 28 heavy (non-hydrogen) atoms. The second kappa shape index (κ2) is 7.98. The van der Waals surface area contributed by atoms with Gasteiger partial charge < -0.3 is 10.0 Å². The Morgan fingerprint density at radius 2 is 1.79 bits per heavy atom. The van der Waals surface area contributed by atoms with Gasteiger partial charge in [0.15, 0.2) is 0 Å². The van der Waals surface area contributed by atoms with Crippen molar-refractivity contribution in [3.63, 3.8) is 0 Å². The fourth-order valence-corrected chi connectivity index (χ4v) is 3.65. The summed E-state index contributed by atoms with van der Waals surface area (Å²) >= 11 is 0. The zero-order chi connectivity index (χ0) is 19.5. The van der Waals surface area contributed by atoms with Crippen molar-refractivity contribution in [2.75, 3.05) is 6.54 Å². The van der Waals surface area contributed by atoms with E-state index in [2.05, 4.69) is 17.2 Å². The number of aromatic nitrogens is 2. The molecule has 4 rings (SSSR count). The standard InChI is InChI=1S/C23H25N3O2/c1-2-22(27)21-15-20-16-25(13-6-14-26(20)24-21)23(28)19-11-9-18(10-12-19)17-7-4-3-5-8-17/h3-5,7-12,15,22,27H,2,6,13-14,16H2,1H3. The largest absolute Gasteiger partial charge is 0.387 e. The molecule has 0 saturated carbocycles. The number of carbonyl (C=O) groups is 1. The lowest BCUT2D eigenvalue weighted by Crippen LogP contribution is -2.30. The van der Waals surface area contributed by atoms with Crippen LogP contribution in [0.1, 0.15) is 47.6 Å². The van der Waals surface area contributed by atoms with Crippen LogP contribution >= 0.6 is 0 Å². The van der Waals surface area contributed by atoms with Crippen LogP contribution in [0.4, 0.5) is 0 Å². The first-order valence-electron chi connectivity index (χ1n) is 9.85. The number of amides is 1. The van der Waals surface area contributed by atoms with E-state index >= 15 is 0 Å². The van der Waals surface area contributed by atoms with E-state index < -0.39 is 6.10 Å². The van der Waals surface area contributed by atoms with Crippen molar-refractivity contribution in [1.82, 2.24) is 14.7 Å². The number of rotatable bonds is 4. The van der Waals surface area contributed by atoms with Crippen molar-refractivity contribution in [2.45, 2.75) is 39.0 Å². The van der Waals surface area contributed by atoms with Gasteiger partial charge in [-0.3, -0.25) is 9.48 Å². The van der Waals surface area contributed by atoms with Crippen LogP contribution in [0, 0.1) is 0 Å². The average molecular weight is 375 g/mol. The van der Waals surface area contributed by atoms with Gasteiger partial charge in [-0.1, -0.05) is 49.4 Å². The van der Waals surface area contributed by atoms with E-state index in [9.17, 15) is 9.90 Å². The number of aliphatic hydroxyl groups excluding tert-OH is 1. The predicted molar refractivity (Wildman–Crippen MR) is 109 cm³/mol. The summed E-state index contributed by atoms with van der Waals surface area (Å²) in [5, 5.41) is 14.6. The number of benzene rings is 2. The molecule has 1 aromatic heterocycles. The molecule has 2 heterocycles. The number of hydrogen-bond acceptors (Lipinski definition) is 3. The second-order valence-corrected chi connectivity index (χ2v) is 7.23. The van der Waals surface area contributed by atoms with E-state index in [0.717, 1.165) is 29.8 Å². The number of aryl methyl sites for hydroxylation is 1. The summed E-state index contributed by atoms with van der Waals surface area (Å²) in [4.78, 5) is 14.9. The molecule has 1 aliphatic rings. The normalized spacial score (nSPS) is 15.0. The first-order chi connectivity index (χ1) is 13.7. The monoisotopic (exact) mass is 375 g/mol. The first kappa shape index (κ1) is 18.4. The van der Waals surface area contributed by atoms with Gasteiger partial charge in [0.1, 0.15) is 0 Å². The molecule has 0 aliphatic carbocycles. The number of fused-ring (bicyclic) bond motifs is 1. The summed E-state index contributed by atoms with van der Waals surface area (Å²) < 4.78 is 1.93. The molecule has 0 radical (unpaired) electrons. The van der Waals surface area contributed by atoms with Crippen LogP contribution < -0.4 is 0 Å². The van der Waals surface area contributed by atoms with E-state index in [0.29, 0.717) is 30.8 Å². The molecule has 5 nitrogen and oxygen atoms in total. The highest BCUT2D eigenvalue weighted by atomic mass is 16.3. The van der Waals surface area contributed by atoms with E-state index in [4.69, 9.17) is 0 Å². The molecular weight excluding hydrogens is 350 g/mol. The minimum atomic E-state index is -0.547. The van der Waals surface area contributed by atoms with E-state index in [-0.39, 0.29) is 5.91 Å². The van der Waals surface area contributed by atoms with Crippen LogP contribution in [0.25, 0.3) is 11.1 Å². The van der Waals surface area contributed by atoms with E-state index in [1.165, 1.54) is 0 Å². The molecule has 3 aromatic rings. The Bertz CT molecular complexity index is 948. The van der Waals surface area contributed by atoms with Crippen LogP contribution in [-0.4, -0.2) is 32.2 Å². The summed E-state index contributed by atoms with van der Waals surface area (Å²) in [7, 11) is 0. The van der Waals surface area contributed by atoms with Gasteiger partial charge in [-0.25, -0.2) is 0 Å². The van der Waals surface area contributed by atoms with Crippen LogP contribution in [0.3, 0.4) is 0 Å². The third kappa shape index (κ3) is 3.71. The number of nitrogens with zero attached hydrogens (tertiary/aromatic N) is 3. The van der Waals surface area contributed by atoms with Crippen LogP contribution in [0.15, 0.2) is 60.7 Å². The molecule has 1 unspecified atom stereocenters. The second-order valence-electron chi connectivity index (χ2n) is 7.23. The fraction of sp³-hybridized carbons (Fsp3) is 0.304. The smallest absolute Gasteiger partial charge is 0.254 e. The Hall–Kier alpha value is -2.92. The maximum Gasteiger partial charge on any atom is 0.254 e. The van der Waals surface area contributed by atoms with Crippen LogP contribution in [0.5, 0.6) is 0 Å². The summed E-state index contributed by atoms with van der Waals surface area (Å²) in [6.45, 7) is 3.92. The molecular formula is C23H25N3O2. The van der Waals surface area contributed by atoms with E-state index in [1.54, 1.807) is 0 Å². The van der Waals surface area contributed by atoms with Gasteiger partial charge in [-0.15, -0.1) is 0 Å². The van der Waals surface area contributed by atoms with Gasteiger partial charge in [-0.2, -0.15) is 5.10 Å². The fourth-order valence-electron chi connectivity index (χ4n) is 3.65. The van der Waals surface area contributed by atoms with E-state index in [1.807, 2.05) is 65.0 Å². The number of carbonyl (C=O) groups excluding carboxylic acids is 1. The van der Waals surface area contributed by atoms with Crippen molar-refractivity contribution in [3.8, 4) is 11.1 Å². The maximum absolute atomic E-state index is 13.1. The van der Waals surface area contributed by atoms with Gasteiger partial charge >= 0.3 is 0 Å². The molecule has 0 saturated heterocycles. The van der Waals surface area contributed by atoms with Crippen LogP contribution in [0.2, 0.25) is 0 Å². The van der Waals surface area contributed by atoms with Gasteiger partial charge in [0.05, 0.1) is 24.0 Å². The minimum absolute atomic E-state index is 0.0341. The molecule has 0 spiro atoms. The van der Waals surface area contributed by atoms with Gasteiger partial charge in [0, 0.05) is 18.7 Å². The van der Waals surface area contributed by atoms with Crippen molar-refractivity contribution >= 4 is 5.91 Å². The lowest BCUT2D eigenvalue weighted by Gasteiger charge is -2.20. The Balaban J connectivity index is 1.52. The molecule has 5 heteroatoms. The average Bonchev–Trinajstić information content (AvgIpc) is 3.05. The minimum Gasteiger partial charge on any atom is -0.387 e. The molecule has 1 atom stereocenters. The van der Waals surface area contributed by atoms with Crippen molar-refractivity contribution < 1.29 is 9.90 Å². The van der Waals surface area contributed by atoms with Gasteiger partial charge in [0.2, 0.25) is 0 Å². The van der Waals surface area contributed by atoms with Gasteiger partial charge in [-0.05, 0) is 42.2 Å². The number of aliphatic hydroxyl groups is 1. The van der Waals surface area contributed by atoms with Crippen molar-refractivity contribution in [3.05, 3.63) is 77.6 Å². The Kier molecular flexibility index (Phi) is 5.26. The Labute approximate surface area is 165 Å². The van der Waals surface area contributed by atoms with Crippen molar-refractivity contribution in [2.24, 2.45) is 0 Å². The maximum atomic E-state index is 13.1. The highest BCUT2D eigenvalue weighted by Gasteiger charge is 2.23. The SMILES string of the molecule is CCC(O)c1cc2n(n1)CCCN(C(=O)c1ccc(-c3ccccc3)cc1)C2. The summed E-state index contributed by atoms with van der Waals surface area (Å²) in [6, 6.07) is 19.9. The third-order valence-corrected chi connectivity index (χ3v) is 5.29. The topological polar surface area (TPSA) is 58.4 Å². The quantitative estimate of drug-likeness (QED) is 0.749. The molecule has 0 bridgehead atoms. The third-order valence-electron chi connectivity index (χ3n) is 5.29. The lowest BCUT2D eigenvalue weighted by atomic mass is 10.0. The predicted octanol–water partition coefficient (Wildman–Crippen LogP) is 4.04. The number of hydrogen-bond donors (Lipinski definition) is 1. The van der Waals surface area contributed by atoms with Crippen molar-refractivity contribution in [1.29, 1.82) is 0 Å². The highest BCUT2D eigenvalue weighted by molar-refractivity contribution is 5.94. The Morgan fingerprint density at radius 1 is 1.07 bits per heavy atom. The summed E-state index contributed by atoms with van der Waals surface area (Å²) in [5.41, 5.74) is 4.61.